The first-order valence-corrected chi connectivity index (χ1v) is 11.1. The smallest absolute Gasteiger partial charge is 0.00696 e. The van der Waals surface area contributed by atoms with Crippen molar-refractivity contribution in [3.8, 4) is 0 Å². The predicted octanol–water partition coefficient (Wildman–Crippen LogP) is 8.95. The lowest BCUT2D eigenvalue weighted by Gasteiger charge is -2.17. The van der Waals surface area contributed by atoms with Gasteiger partial charge in [-0.2, -0.15) is 0 Å². The summed E-state index contributed by atoms with van der Waals surface area (Å²) in [7, 11) is 0. The Bertz CT molecular complexity index is 1390. The van der Waals surface area contributed by atoms with Crippen LogP contribution in [0.25, 0.3) is 45.8 Å². The molecule has 5 aromatic carbocycles. The van der Waals surface area contributed by atoms with Gasteiger partial charge in [-0.25, -0.2) is 0 Å². The molecule has 0 unspecified atom stereocenters. The predicted molar refractivity (Wildman–Crippen MR) is 142 cm³/mol. The van der Waals surface area contributed by atoms with E-state index in [1.165, 1.54) is 54.9 Å². The Labute approximate surface area is 190 Å². The summed E-state index contributed by atoms with van der Waals surface area (Å²) in [6.45, 7) is 4.44. The zero-order chi connectivity index (χ0) is 21.9. The molecule has 0 aliphatic rings. The number of aryl methyl sites for hydroxylation is 2. The van der Waals surface area contributed by atoms with Gasteiger partial charge in [0.15, 0.2) is 0 Å². The number of hydrogen-bond donors (Lipinski definition) is 0. The fourth-order valence-electron chi connectivity index (χ4n) is 4.60. The zero-order valence-electron chi connectivity index (χ0n) is 18.5. The molecule has 0 spiro atoms. The summed E-state index contributed by atoms with van der Waals surface area (Å²) in [5.41, 5.74) is 7.60. The average Bonchev–Trinajstić information content (AvgIpc) is 2.83. The average molecular weight is 411 g/mol. The maximum Gasteiger partial charge on any atom is -0.00696 e. The standard InChI is InChI=1S/C32H26/c1-23-11-9-17-28-27(21-19-25-13-5-3-6-14-25)29-18-10-12-24(2)32(29)30(31(23)28)22-20-26-15-7-4-8-16-26/h3-22H,1-2H3. The highest BCUT2D eigenvalue weighted by Gasteiger charge is 2.14. The second-order valence-corrected chi connectivity index (χ2v) is 8.31. The lowest BCUT2D eigenvalue weighted by Crippen LogP contribution is -1.93. The molecule has 0 aromatic heterocycles. The van der Waals surface area contributed by atoms with Gasteiger partial charge in [0.1, 0.15) is 0 Å². The highest BCUT2D eigenvalue weighted by molar-refractivity contribution is 6.16. The number of rotatable bonds is 4. The molecule has 0 saturated heterocycles. The SMILES string of the molecule is Cc1cccc2c(C=Cc3ccccc3)c3cccc(C)c3c(C=Cc3ccccc3)c12. The fraction of sp³-hybridized carbons (Fsp3) is 0.0625. The van der Waals surface area contributed by atoms with E-state index in [0.29, 0.717) is 0 Å². The highest BCUT2D eigenvalue weighted by atomic mass is 14.2. The molecular weight excluding hydrogens is 384 g/mol. The first-order valence-electron chi connectivity index (χ1n) is 11.1. The van der Waals surface area contributed by atoms with Gasteiger partial charge in [0.05, 0.1) is 0 Å². The van der Waals surface area contributed by atoms with Crippen LogP contribution in [-0.2, 0) is 0 Å². The summed E-state index contributed by atoms with van der Waals surface area (Å²) in [5, 5.41) is 5.24. The van der Waals surface area contributed by atoms with Gasteiger partial charge in [0, 0.05) is 0 Å². The van der Waals surface area contributed by atoms with Crippen LogP contribution in [-0.4, -0.2) is 0 Å². The van der Waals surface area contributed by atoms with Crippen LogP contribution in [0.2, 0.25) is 0 Å². The lowest BCUT2D eigenvalue weighted by molar-refractivity contribution is 1.50. The molecule has 32 heavy (non-hydrogen) atoms. The third kappa shape index (κ3) is 3.76. The van der Waals surface area contributed by atoms with Crippen LogP contribution in [0.4, 0.5) is 0 Å². The maximum atomic E-state index is 2.30. The fourth-order valence-corrected chi connectivity index (χ4v) is 4.60. The quantitative estimate of drug-likeness (QED) is 0.205. The molecule has 0 nitrogen and oxygen atoms in total. The van der Waals surface area contributed by atoms with E-state index in [0.717, 1.165) is 0 Å². The van der Waals surface area contributed by atoms with Crippen molar-refractivity contribution < 1.29 is 0 Å². The van der Waals surface area contributed by atoms with E-state index in [1.54, 1.807) is 0 Å². The van der Waals surface area contributed by atoms with Gasteiger partial charge < -0.3 is 0 Å². The maximum absolute atomic E-state index is 2.30. The van der Waals surface area contributed by atoms with Crippen molar-refractivity contribution in [2.75, 3.05) is 0 Å². The normalized spacial score (nSPS) is 11.8. The topological polar surface area (TPSA) is 0 Å². The Balaban J connectivity index is 1.83. The minimum atomic E-state index is 1.21. The molecule has 0 saturated carbocycles. The van der Waals surface area contributed by atoms with Gasteiger partial charge in [0.2, 0.25) is 0 Å². The molecule has 0 fully saturated rings. The van der Waals surface area contributed by atoms with Crippen LogP contribution in [0, 0.1) is 13.8 Å². The monoisotopic (exact) mass is 410 g/mol. The van der Waals surface area contributed by atoms with Crippen molar-refractivity contribution >= 4 is 45.8 Å². The van der Waals surface area contributed by atoms with E-state index in [2.05, 4.69) is 135 Å². The first-order chi connectivity index (χ1) is 15.7. The third-order valence-corrected chi connectivity index (χ3v) is 6.15. The second-order valence-electron chi connectivity index (χ2n) is 8.31. The van der Waals surface area contributed by atoms with Crippen molar-refractivity contribution in [2.24, 2.45) is 0 Å². The van der Waals surface area contributed by atoms with Crippen molar-refractivity contribution in [1.82, 2.24) is 0 Å². The molecule has 0 aliphatic carbocycles. The van der Waals surface area contributed by atoms with E-state index < -0.39 is 0 Å². The molecule has 0 heterocycles. The summed E-state index contributed by atoms with van der Waals surface area (Å²) in [4.78, 5) is 0. The second kappa shape index (κ2) is 8.69. The van der Waals surface area contributed by atoms with Crippen LogP contribution in [0.5, 0.6) is 0 Å². The van der Waals surface area contributed by atoms with Crippen molar-refractivity contribution in [2.45, 2.75) is 13.8 Å². The summed E-state index contributed by atoms with van der Waals surface area (Å²) < 4.78 is 0. The van der Waals surface area contributed by atoms with E-state index in [-0.39, 0.29) is 0 Å². The first kappa shape index (κ1) is 20.0. The molecule has 5 aromatic rings. The minimum absolute atomic E-state index is 1.21. The van der Waals surface area contributed by atoms with Crippen LogP contribution in [0.1, 0.15) is 33.4 Å². The summed E-state index contributed by atoms with van der Waals surface area (Å²) in [5.74, 6) is 0. The third-order valence-electron chi connectivity index (χ3n) is 6.15. The summed E-state index contributed by atoms with van der Waals surface area (Å²) in [6, 6.07) is 34.4. The molecule has 0 N–H and O–H groups in total. The molecule has 0 amide bonds. The van der Waals surface area contributed by atoms with Crippen molar-refractivity contribution in [1.29, 1.82) is 0 Å². The molecule has 5 rings (SSSR count). The number of hydrogen-bond acceptors (Lipinski definition) is 0. The number of benzene rings is 5. The molecule has 0 heteroatoms. The Kier molecular flexibility index (Phi) is 5.44. The Hall–Kier alpha value is -3.90. The van der Waals surface area contributed by atoms with Gasteiger partial charge in [-0.05, 0) is 68.8 Å². The van der Waals surface area contributed by atoms with E-state index in [4.69, 9.17) is 0 Å². The number of fused-ring (bicyclic) bond motifs is 2. The molecule has 0 atom stereocenters. The van der Waals surface area contributed by atoms with Gasteiger partial charge >= 0.3 is 0 Å². The van der Waals surface area contributed by atoms with E-state index in [9.17, 15) is 0 Å². The minimum Gasteiger partial charge on any atom is -0.0622 e. The molecule has 0 aliphatic heterocycles. The molecular formula is C32H26. The summed E-state index contributed by atoms with van der Waals surface area (Å²) >= 11 is 0. The van der Waals surface area contributed by atoms with Crippen molar-refractivity contribution in [3.63, 3.8) is 0 Å². The molecule has 154 valence electrons. The molecule has 0 bridgehead atoms. The Morgan fingerprint density at radius 2 is 0.844 bits per heavy atom. The van der Waals surface area contributed by atoms with Crippen LogP contribution < -0.4 is 0 Å². The van der Waals surface area contributed by atoms with E-state index in [1.807, 2.05) is 0 Å². The zero-order valence-corrected chi connectivity index (χ0v) is 18.5. The molecule has 0 radical (unpaired) electrons. The van der Waals surface area contributed by atoms with Crippen LogP contribution >= 0.6 is 0 Å². The largest absolute Gasteiger partial charge is 0.0622 e. The van der Waals surface area contributed by atoms with Gasteiger partial charge in [-0.1, -0.05) is 121 Å². The van der Waals surface area contributed by atoms with Crippen LogP contribution in [0.15, 0.2) is 97.1 Å². The van der Waals surface area contributed by atoms with Crippen molar-refractivity contribution in [3.05, 3.63) is 130 Å². The van der Waals surface area contributed by atoms with Gasteiger partial charge in [-0.3, -0.25) is 0 Å². The van der Waals surface area contributed by atoms with Gasteiger partial charge in [-0.15, -0.1) is 0 Å². The summed E-state index contributed by atoms with van der Waals surface area (Å²) in [6.07, 6.45) is 9.03. The van der Waals surface area contributed by atoms with E-state index >= 15 is 0 Å². The van der Waals surface area contributed by atoms with Gasteiger partial charge in [0.25, 0.3) is 0 Å². The lowest BCUT2D eigenvalue weighted by atomic mass is 9.87. The Morgan fingerprint density at radius 3 is 1.31 bits per heavy atom. The highest BCUT2D eigenvalue weighted by Crippen LogP contribution is 2.38. The Morgan fingerprint density at radius 1 is 0.406 bits per heavy atom. The van der Waals surface area contributed by atoms with Crippen LogP contribution in [0.3, 0.4) is 0 Å².